The predicted molar refractivity (Wildman–Crippen MR) is 141 cm³/mol. The van der Waals surface area contributed by atoms with Crippen molar-refractivity contribution in [1.82, 2.24) is 13.9 Å². The van der Waals surface area contributed by atoms with E-state index in [9.17, 15) is 18.3 Å². The van der Waals surface area contributed by atoms with Gasteiger partial charge in [-0.15, -0.1) is 0 Å². The van der Waals surface area contributed by atoms with E-state index in [0.29, 0.717) is 28.6 Å². The van der Waals surface area contributed by atoms with Gasteiger partial charge in [0.15, 0.2) is 5.03 Å². The van der Waals surface area contributed by atoms with Gasteiger partial charge in [0.1, 0.15) is 5.54 Å². The number of carbonyl (C=O) groups is 1. The summed E-state index contributed by atoms with van der Waals surface area (Å²) in [5, 5.41) is 10.5. The maximum Gasteiger partial charge on any atom is 0.260 e. The topological polar surface area (TPSA) is 95.7 Å². The molecule has 3 heterocycles. The van der Waals surface area contributed by atoms with Crippen molar-refractivity contribution in [2.24, 2.45) is 0 Å². The van der Waals surface area contributed by atoms with Gasteiger partial charge in [0.2, 0.25) is 5.95 Å². The number of carbonyl (C=O) groups excluding carboxylic acids is 1. The molecule has 1 saturated heterocycles. The van der Waals surface area contributed by atoms with Crippen molar-refractivity contribution >= 4 is 66.7 Å². The number of piperidine rings is 1. The van der Waals surface area contributed by atoms with Crippen LogP contribution in [-0.2, 0) is 26.8 Å². The van der Waals surface area contributed by atoms with Crippen LogP contribution in [0.4, 0.5) is 11.6 Å². The van der Waals surface area contributed by atoms with E-state index in [2.05, 4.69) is 20.9 Å². The number of amides is 1. The summed E-state index contributed by atoms with van der Waals surface area (Å²) in [6.45, 7) is 2.09. The Morgan fingerprint density at radius 2 is 1.72 bits per heavy atom. The van der Waals surface area contributed by atoms with Gasteiger partial charge in [-0.2, -0.15) is 4.31 Å². The average Bonchev–Trinajstić information content (AvgIpc) is 3.34. The number of aliphatic hydroxyl groups is 1. The number of imidazole rings is 1. The lowest BCUT2D eigenvalue weighted by atomic mass is 9.92. The number of aliphatic hydroxyl groups excluding tert-OH is 1. The highest BCUT2D eigenvalue weighted by Crippen LogP contribution is 2.45. The second kappa shape index (κ2) is 9.41. The van der Waals surface area contributed by atoms with Crippen LogP contribution in [0.2, 0.25) is 10.0 Å². The lowest BCUT2D eigenvalue weighted by molar-refractivity contribution is -0.124. The molecule has 0 radical (unpaired) electrons. The van der Waals surface area contributed by atoms with Gasteiger partial charge in [-0.05, 0) is 55.7 Å². The molecule has 1 amide bonds. The molecule has 12 heteroatoms. The first-order valence-corrected chi connectivity index (χ1v) is 14.3. The zero-order chi connectivity index (χ0) is 25.8. The first-order chi connectivity index (χ1) is 17.0. The minimum atomic E-state index is -4.00. The van der Waals surface area contributed by atoms with Crippen molar-refractivity contribution in [1.29, 1.82) is 0 Å². The number of fused-ring (bicyclic) bond motifs is 1. The molecule has 0 spiro atoms. The maximum atomic E-state index is 14.1. The van der Waals surface area contributed by atoms with E-state index in [1.807, 2.05) is 24.3 Å². The molecule has 36 heavy (non-hydrogen) atoms. The van der Waals surface area contributed by atoms with Gasteiger partial charge in [0, 0.05) is 34.0 Å². The number of nitrogens with zero attached hydrogens (tertiary/aromatic N) is 4. The molecule has 3 aromatic rings. The molecule has 0 saturated carbocycles. The summed E-state index contributed by atoms with van der Waals surface area (Å²) >= 11 is 15.9. The monoisotopic (exact) mass is 612 g/mol. The number of hydrogen-bond acceptors (Lipinski definition) is 5. The Morgan fingerprint density at radius 1 is 1.11 bits per heavy atom. The molecule has 1 N–H and O–H groups in total. The van der Waals surface area contributed by atoms with Crippen molar-refractivity contribution in [2.45, 2.75) is 42.9 Å². The Bertz CT molecular complexity index is 1420. The number of halogens is 3. The van der Waals surface area contributed by atoms with Gasteiger partial charge in [-0.25, -0.2) is 18.3 Å². The second-order valence-corrected chi connectivity index (χ2v) is 12.9. The van der Waals surface area contributed by atoms with Crippen molar-refractivity contribution in [3.05, 3.63) is 68.7 Å². The largest absolute Gasteiger partial charge is 0.393 e. The van der Waals surface area contributed by atoms with E-state index in [0.717, 1.165) is 10.0 Å². The molecule has 0 aliphatic carbocycles. The number of rotatable bonds is 5. The average molecular weight is 614 g/mol. The van der Waals surface area contributed by atoms with Gasteiger partial charge in [0.25, 0.3) is 15.9 Å². The minimum Gasteiger partial charge on any atom is -0.393 e. The van der Waals surface area contributed by atoms with Crippen molar-refractivity contribution < 1.29 is 18.3 Å². The highest BCUT2D eigenvalue weighted by Gasteiger charge is 2.52. The molecule has 1 unspecified atom stereocenters. The van der Waals surface area contributed by atoms with Crippen LogP contribution in [-0.4, -0.2) is 52.5 Å². The molecule has 2 aliphatic rings. The molecule has 0 bridgehead atoms. The Kier molecular flexibility index (Phi) is 6.72. The Hall–Kier alpha value is -1.95. The highest BCUT2D eigenvalue weighted by atomic mass is 79.9. The quantitative estimate of drug-likeness (QED) is 0.449. The number of aromatic nitrogens is 2. The fourth-order valence-corrected chi connectivity index (χ4v) is 7.26. The van der Waals surface area contributed by atoms with Crippen LogP contribution < -0.4 is 4.90 Å². The number of hydrogen-bond donors (Lipinski definition) is 1. The summed E-state index contributed by atoms with van der Waals surface area (Å²) < 4.78 is 31.3. The van der Waals surface area contributed by atoms with E-state index < -0.39 is 21.7 Å². The van der Waals surface area contributed by atoms with Crippen LogP contribution >= 0.6 is 39.1 Å². The predicted octanol–water partition coefficient (Wildman–Crippen LogP) is 4.73. The molecule has 8 nitrogen and oxygen atoms in total. The molecular formula is C24H23BrCl2N4O4S. The van der Waals surface area contributed by atoms with Crippen LogP contribution in [0.3, 0.4) is 0 Å². The fraction of sp³-hybridized carbons (Fsp3) is 0.333. The zero-order valence-electron chi connectivity index (χ0n) is 19.2. The van der Waals surface area contributed by atoms with Gasteiger partial charge in [0.05, 0.1) is 18.0 Å². The molecule has 1 aromatic heterocycles. The molecule has 190 valence electrons. The van der Waals surface area contributed by atoms with Gasteiger partial charge in [-0.3, -0.25) is 9.36 Å². The molecule has 2 aliphatic heterocycles. The first kappa shape index (κ1) is 25.7. The van der Waals surface area contributed by atoms with Crippen LogP contribution in [0, 0.1) is 0 Å². The summed E-state index contributed by atoms with van der Waals surface area (Å²) in [6, 6.07) is 12.3. The van der Waals surface area contributed by atoms with Crippen LogP contribution in [0.15, 0.2) is 58.2 Å². The summed E-state index contributed by atoms with van der Waals surface area (Å²) in [5.74, 6) is -0.175. The maximum absolute atomic E-state index is 14.1. The summed E-state index contributed by atoms with van der Waals surface area (Å²) in [6.07, 6.45) is 1.69. The number of benzene rings is 2. The van der Waals surface area contributed by atoms with Gasteiger partial charge < -0.3 is 5.11 Å². The van der Waals surface area contributed by atoms with E-state index in [1.54, 1.807) is 25.1 Å². The third-order valence-corrected chi connectivity index (χ3v) is 9.49. The van der Waals surface area contributed by atoms with Crippen LogP contribution in [0.5, 0.6) is 0 Å². The molecule has 2 aromatic carbocycles. The van der Waals surface area contributed by atoms with E-state index in [1.165, 1.54) is 20.0 Å². The highest BCUT2D eigenvalue weighted by molar-refractivity contribution is 9.10. The summed E-state index contributed by atoms with van der Waals surface area (Å²) in [5.41, 5.74) is -0.0513. The van der Waals surface area contributed by atoms with Crippen molar-refractivity contribution in [3.8, 4) is 0 Å². The summed E-state index contributed by atoms with van der Waals surface area (Å²) in [7, 11) is -4.00. The fourth-order valence-electron chi connectivity index (χ4n) is 4.83. The van der Waals surface area contributed by atoms with E-state index in [4.69, 9.17) is 23.2 Å². The second-order valence-electron chi connectivity index (χ2n) is 9.21. The molecule has 1 fully saturated rings. The van der Waals surface area contributed by atoms with Gasteiger partial charge in [-0.1, -0.05) is 51.3 Å². The Morgan fingerprint density at radius 3 is 2.33 bits per heavy atom. The zero-order valence-corrected chi connectivity index (χ0v) is 23.1. The van der Waals surface area contributed by atoms with Crippen LogP contribution in [0.1, 0.15) is 25.3 Å². The first-order valence-electron chi connectivity index (χ1n) is 11.3. The standard InChI is InChI=1S/C24H23BrCl2N4O4S/c1-24(13-15-2-4-16(25)5-3-15)22(33)30(19-11-17(26)10-18(27)12-19)23-28-14-21(31(23)24)36(34,35)29-8-6-20(32)7-9-29/h2-5,10-12,14,20,32H,6-9,13H2,1H3. The molecular weight excluding hydrogens is 591 g/mol. The Labute approximate surface area is 227 Å². The molecule has 5 rings (SSSR count). The number of sulfonamides is 1. The third kappa shape index (κ3) is 4.37. The van der Waals surface area contributed by atoms with E-state index >= 15 is 0 Å². The number of anilines is 2. The smallest absolute Gasteiger partial charge is 0.260 e. The van der Waals surface area contributed by atoms with Crippen molar-refractivity contribution in [3.63, 3.8) is 0 Å². The van der Waals surface area contributed by atoms with Crippen molar-refractivity contribution in [2.75, 3.05) is 18.0 Å². The van der Waals surface area contributed by atoms with E-state index in [-0.39, 0.29) is 36.4 Å². The van der Waals surface area contributed by atoms with Crippen LogP contribution in [0.25, 0.3) is 0 Å². The Balaban J connectivity index is 1.66. The SMILES string of the molecule is CC1(Cc2ccc(Br)cc2)C(=O)N(c2cc(Cl)cc(Cl)c2)c2ncc(S(=O)(=O)N3CCC(O)CC3)n21. The normalized spacial score (nSPS) is 21.2. The summed E-state index contributed by atoms with van der Waals surface area (Å²) in [4.78, 5) is 19.8. The molecule has 1 atom stereocenters. The third-order valence-electron chi connectivity index (χ3n) is 6.66. The van der Waals surface area contributed by atoms with Gasteiger partial charge >= 0.3 is 0 Å². The lowest BCUT2D eigenvalue weighted by Gasteiger charge is -2.31. The lowest BCUT2D eigenvalue weighted by Crippen LogP contribution is -2.44. The minimum absolute atomic E-state index is 0.0718.